The molecular weight excluding hydrogens is 388 g/mol. The monoisotopic (exact) mass is 412 g/mol. The molecule has 1 aromatic heterocycles. The van der Waals surface area contributed by atoms with E-state index in [1.165, 1.54) is 5.56 Å². The number of hydrogen-bond donors (Lipinski definition) is 0. The molecule has 156 valence electrons. The van der Waals surface area contributed by atoms with E-state index in [-0.39, 0.29) is 5.91 Å². The molecule has 1 heterocycles. The lowest BCUT2D eigenvalue weighted by Gasteiger charge is -2.16. The van der Waals surface area contributed by atoms with Gasteiger partial charge in [0, 0.05) is 20.1 Å². The Morgan fingerprint density at radius 3 is 2.23 bits per heavy atom. The van der Waals surface area contributed by atoms with E-state index in [4.69, 9.17) is 4.74 Å². The third-order valence-corrected chi connectivity index (χ3v) is 4.90. The zero-order valence-electron chi connectivity index (χ0n) is 17.4. The molecule has 0 saturated carbocycles. The highest BCUT2D eigenvalue weighted by Crippen LogP contribution is 2.21. The van der Waals surface area contributed by atoms with E-state index in [0.29, 0.717) is 18.8 Å². The van der Waals surface area contributed by atoms with Gasteiger partial charge in [0.2, 0.25) is 0 Å². The van der Waals surface area contributed by atoms with Gasteiger partial charge in [-0.3, -0.25) is 9.48 Å². The van der Waals surface area contributed by atoms with Gasteiger partial charge in [-0.05, 0) is 41.8 Å². The molecule has 6 heteroatoms. The third-order valence-electron chi connectivity index (χ3n) is 4.90. The van der Waals surface area contributed by atoms with Gasteiger partial charge in [-0.2, -0.15) is 0 Å². The summed E-state index contributed by atoms with van der Waals surface area (Å²) >= 11 is 0. The SMILES string of the molecule is CN(Cc1ccc(Oc2ccccc2)cc1)C(=O)c1cn(CCc2ccccc2)nn1. The van der Waals surface area contributed by atoms with Gasteiger partial charge >= 0.3 is 0 Å². The van der Waals surface area contributed by atoms with Crippen LogP contribution in [0.15, 0.2) is 91.1 Å². The number of ether oxygens (including phenoxy) is 1. The smallest absolute Gasteiger partial charge is 0.276 e. The second-order valence-corrected chi connectivity index (χ2v) is 7.32. The summed E-state index contributed by atoms with van der Waals surface area (Å²) < 4.78 is 7.52. The number of carbonyl (C=O) groups is 1. The van der Waals surface area contributed by atoms with Gasteiger partial charge in [0.15, 0.2) is 5.69 Å². The Bertz CT molecular complexity index is 1110. The van der Waals surface area contributed by atoms with Gasteiger partial charge in [0.1, 0.15) is 11.5 Å². The largest absolute Gasteiger partial charge is 0.457 e. The molecule has 31 heavy (non-hydrogen) atoms. The van der Waals surface area contributed by atoms with Gasteiger partial charge in [-0.1, -0.05) is 65.9 Å². The number of para-hydroxylation sites is 1. The van der Waals surface area contributed by atoms with Crippen molar-refractivity contribution in [1.82, 2.24) is 19.9 Å². The van der Waals surface area contributed by atoms with Gasteiger partial charge < -0.3 is 9.64 Å². The van der Waals surface area contributed by atoms with E-state index in [9.17, 15) is 4.79 Å². The molecule has 0 spiro atoms. The summed E-state index contributed by atoms with van der Waals surface area (Å²) in [6.07, 6.45) is 2.55. The van der Waals surface area contributed by atoms with E-state index >= 15 is 0 Å². The van der Waals surface area contributed by atoms with Gasteiger partial charge in [-0.25, -0.2) is 0 Å². The third kappa shape index (κ3) is 5.57. The van der Waals surface area contributed by atoms with Crippen molar-refractivity contribution in [2.24, 2.45) is 0 Å². The topological polar surface area (TPSA) is 60.2 Å². The second kappa shape index (κ2) is 9.71. The number of hydrogen-bond acceptors (Lipinski definition) is 4. The molecule has 0 aliphatic rings. The first-order chi connectivity index (χ1) is 15.2. The molecule has 0 radical (unpaired) electrons. The molecular formula is C25H24N4O2. The number of benzene rings is 3. The van der Waals surface area contributed by atoms with E-state index in [2.05, 4.69) is 22.4 Å². The van der Waals surface area contributed by atoms with Gasteiger partial charge in [0.05, 0.1) is 6.20 Å². The first kappa shape index (κ1) is 20.3. The Kier molecular flexibility index (Phi) is 6.38. The summed E-state index contributed by atoms with van der Waals surface area (Å²) in [5.41, 5.74) is 2.58. The van der Waals surface area contributed by atoms with Crippen LogP contribution in [0.5, 0.6) is 11.5 Å². The van der Waals surface area contributed by atoms with Crippen LogP contribution in [0, 0.1) is 0 Å². The number of aromatic nitrogens is 3. The fourth-order valence-corrected chi connectivity index (χ4v) is 3.22. The van der Waals surface area contributed by atoms with Crippen molar-refractivity contribution in [1.29, 1.82) is 0 Å². The molecule has 0 aliphatic heterocycles. The van der Waals surface area contributed by atoms with E-state index in [1.54, 1.807) is 22.8 Å². The standard InChI is InChI=1S/C25H24N4O2/c1-28(18-21-12-14-23(15-13-21)31-22-10-6-3-7-11-22)25(30)24-19-29(27-26-24)17-16-20-8-4-2-5-9-20/h2-15,19H,16-18H2,1H3. The minimum absolute atomic E-state index is 0.157. The number of amides is 1. The highest BCUT2D eigenvalue weighted by Gasteiger charge is 2.16. The lowest BCUT2D eigenvalue weighted by molar-refractivity contribution is 0.0779. The predicted octanol–water partition coefficient (Wildman–Crippen LogP) is 4.59. The maximum atomic E-state index is 12.7. The van der Waals surface area contributed by atoms with Gasteiger partial charge in [-0.15, -0.1) is 5.10 Å². The van der Waals surface area contributed by atoms with Crippen LogP contribution in [0.4, 0.5) is 0 Å². The molecule has 0 unspecified atom stereocenters. The summed E-state index contributed by atoms with van der Waals surface area (Å²) in [6.45, 7) is 1.15. The van der Waals surface area contributed by atoms with Crippen molar-refractivity contribution < 1.29 is 9.53 Å². The van der Waals surface area contributed by atoms with Crippen molar-refractivity contribution in [2.45, 2.75) is 19.5 Å². The first-order valence-corrected chi connectivity index (χ1v) is 10.2. The summed E-state index contributed by atoms with van der Waals surface area (Å²) in [4.78, 5) is 14.4. The average molecular weight is 412 g/mol. The number of aryl methyl sites for hydroxylation is 2. The highest BCUT2D eigenvalue weighted by molar-refractivity contribution is 5.91. The summed E-state index contributed by atoms with van der Waals surface area (Å²) in [5, 5.41) is 8.15. The molecule has 0 atom stereocenters. The highest BCUT2D eigenvalue weighted by atomic mass is 16.5. The van der Waals surface area contributed by atoms with Crippen molar-refractivity contribution in [2.75, 3.05) is 7.05 Å². The Morgan fingerprint density at radius 1 is 0.871 bits per heavy atom. The molecule has 0 aliphatic carbocycles. The summed E-state index contributed by atoms with van der Waals surface area (Å²) in [6, 6.07) is 27.5. The van der Waals surface area contributed by atoms with Crippen LogP contribution in [-0.4, -0.2) is 32.8 Å². The van der Waals surface area contributed by atoms with Crippen LogP contribution in [0.1, 0.15) is 21.6 Å². The van der Waals surface area contributed by atoms with Crippen LogP contribution in [0.25, 0.3) is 0 Å². The van der Waals surface area contributed by atoms with Gasteiger partial charge in [0.25, 0.3) is 5.91 Å². The van der Waals surface area contributed by atoms with Crippen LogP contribution >= 0.6 is 0 Å². The minimum Gasteiger partial charge on any atom is -0.457 e. The zero-order valence-corrected chi connectivity index (χ0v) is 17.4. The van der Waals surface area contributed by atoms with Crippen LogP contribution in [0.3, 0.4) is 0 Å². The Morgan fingerprint density at radius 2 is 1.52 bits per heavy atom. The maximum absolute atomic E-state index is 12.7. The lowest BCUT2D eigenvalue weighted by Crippen LogP contribution is -2.26. The Balaban J connectivity index is 1.31. The van der Waals surface area contributed by atoms with Crippen molar-refractivity contribution in [3.05, 3.63) is 108 Å². The first-order valence-electron chi connectivity index (χ1n) is 10.2. The molecule has 4 aromatic rings. The molecule has 0 saturated heterocycles. The molecule has 0 bridgehead atoms. The van der Waals surface area contributed by atoms with Crippen molar-refractivity contribution in [3.63, 3.8) is 0 Å². The summed E-state index contributed by atoms with van der Waals surface area (Å²) in [5.74, 6) is 1.39. The van der Waals surface area contributed by atoms with Crippen LogP contribution in [-0.2, 0) is 19.5 Å². The fourth-order valence-electron chi connectivity index (χ4n) is 3.22. The lowest BCUT2D eigenvalue weighted by atomic mass is 10.1. The van der Waals surface area contributed by atoms with E-state index in [1.807, 2.05) is 72.8 Å². The maximum Gasteiger partial charge on any atom is 0.276 e. The average Bonchev–Trinajstić information content (AvgIpc) is 3.29. The van der Waals surface area contributed by atoms with Crippen LogP contribution in [0.2, 0.25) is 0 Å². The second-order valence-electron chi connectivity index (χ2n) is 7.32. The van der Waals surface area contributed by atoms with E-state index < -0.39 is 0 Å². The number of carbonyl (C=O) groups excluding carboxylic acids is 1. The molecule has 6 nitrogen and oxygen atoms in total. The van der Waals surface area contributed by atoms with Crippen molar-refractivity contribution >= 4 is 5.91 Å². The van der Waals surface area contributed by atoms with Crippen molar-refractivity contribution in [3.8, 4) is 11.5 Å². The Labute approximate surface area is 181 Å². The van der Waals surface area contributed by atoms with Crippen LogP contribution < -0.4 is 4.74 Å². The quantitative estimate of drug-likeness (QED) is 0.425. The summed E-state index contributed by atoms with van der Waals surface area (Å²) in [7, 11) is 1.76. The molecule has 4 rings (SSSR count). The molecule has 1 amide bonds. The zero-order chi connectivity index (χ0) is 21.5. The minimum atomic E-state index is -0.157. The Hall–Kier alpha value is -3.93. The van der Waals surface area contributed by atoms with E-state index in [0.717, 1.165) is 23.5 Å². The predicted molar refractivity (Wildman–Crippen MR) is 119 cm³/mol. The molecule has 0 fully saturated rings. The fraction of sp³-hybridized carbons (Fsp3) is 0.160. The number of nitrogens with zero attached hydrogens (tertiary/aromatic N) is 4. The number of rotatable bonds is 8. The molecule has 3 aromatic carbocycles. The molecule has 0 N–H and O–H groups in total. The normalized spacial score (nSPS) is 10.6.